The fraction of sp³-hybridized carbons (Fsp3) is 0.923. The Kier molecular flexibility index (Phi) is 7.39. The van der Waals surface area contributed by atoms with E-state index in [1.807, 2.05) is 6.92 Å². The average Bonchev–Trinajstić information content (AvgIpc) is 2.31. The molecule has 0 aromatic heterocycles. The molecule has 0 spiro atoms. The van der Waals surface area contributed by atoms with Gasteiger partial charge in [-0.15, -0.1) is 0 Å². The molecule has 4 heteroatoms. The number of hydrogen-bond donors (Lipinski definition) is 1. The van der Waals surface area contributed by atoms with Gasteiger partial charge in [-0.25, -0.2) is 0 Å². The highest BCUT2D eigenvalue weighted by Crippen LogP contribution is 2.29. The molecule has 0 rings (SSSR count). The third-order valence-corrected chi connectivity index (χ3v) is 3.76. The first-order chi connectivity index (χ1) is 8.01. The van der Waals surface area contributed by atoms with Gasteiger partial charge in [0.2, 0.25) is 0 Å². The second-order valence-corrected chi connectivity index (χ2v) is 4.42. The van der Waals surface area contributed by atoms with Crippen molar-refractivity contribution in [3.63, 3.8) is 0 Å². The molecule has 0 aromatic rings. The highest BCUT2D eigenvalue weighted by molar-refractivity contribution is 5.74. The van der Waals surface area contributed by atoms with Crippen molar-refractivity contribution in [1.29, 1.82) is 0 Å². The Morgan fingerprint density at radius 3 is 2.12 bits per heavy atom. The highest BCUT2D eigenvalue weighted by Gasteiger charge is 2.41. The molecule has 0 saturated heterocycles. The van der Waals surface area contributed by atoms with Crippen LogP contribution in [0.15, 0.2) is 0 Å². The number of rotatable bonds is 8. The maximum atomic E-state index is 12.0. The zero-order valence-corrected chi connectivity index (χ0v) is 12.0. The molecule has 4 nitrogen and oxygen atoms in total. The number of nitrogens with zero attached hydrogens (tertiary/aromatic N) is 1. The van der Waals surface area contributed by atoms with Crippen molar-refractivity contribution in [3.05, 3.63) is 0 Å². The van der Waals surface area contributed by atoms with Crippen LogP contribution in [0.1, 0.15) is 41.0 Å². The molecule has 0 aliphatic carbocycles. The van der Waals surface area contributed by atoms with Crippen LogP contribution in [0.2, 0.25) is 0 Å². The lowest BCUT2D eigenvalue weighted by Gasteiger charge is -2.44. The molecule has 0 aliphatic heterocycles. The molecule has 0 amide bonds. The summed E-state index contributed by atoms with van der Waals surface area (Å²) in [6, 6.07) is 0. The topological polar surface area (TPSA) is 55.6 Å². The molecule has 102 valence electrons. The smallest absolute Gasteiger partial charge is 0.312 e. The summed E-state index contributed by atoms with van der Waals surface area (Å²) >= 11 is 0. The Hall–Kier alpha value is -0.610. The van der Waals surface area contributed by atoms with Crippen LogP contribution in [0, 0.1) is 5.92 Å². The van der Waals surface area contributed by atoms with Crippen LogP contribution in [0.3, 0.4) is 0 Å². The van der Waals surface area contributed by atoms with Gasteiger partial charge in [0.25, 0.3) is 0 Å². The first-order valence-corrected chi connectivity index (χ1v) is 6.63. The van der Waals surface area contributed by atoms with Crippen LogP contribution in [0.5, 0.6) is 0 Å². The molecule has 0 saturated carbocycles. The van der Waals surface area contributed by atoms with Gasteiger partial charge < -0.3 is 10.5 Å². The summed E-state index contributed by atoms with van der Waals surface area (Å²) in [6.07, 6.45) is 0.884. The number of hydrogen-bond acceptors (Lipinski definition) is 4. The monoisotopic (exact) mass is 244 g/mol. The lowest BCUT2D eigenvalue weighted by molar-refractivity contribution is -0.153. The van der Waals surface area contributed by atoms with Crippen molar-refractivity contribution < 1.29 is 9.53 Å². The van der Waals surface area contributed by atoms with Gasteiger partial charge in [-0.3, -0.25) is 9.69 Å². The van der Waals surface area contributed by atoms with E-state index in [1.165, 1.54) is 0 Å². The molecule has 0 radical (unpaired) electrons. The van der Waals surface area contributed by atoms with E-state index in [9.17, 15) is 4.79 Å². The molecular formula is C13H28N2O2. The molecule has 0 aromatic carbocycles. The van der Waals surface area contributed by atoms with E-state index in [0.29, 0.717) is 13.2 Å². The van der Waals surface area contributed by atoms with Crippen molar-refractivity contribution in [2.24, 2.45) is 11.7 Å². The highest BCUT2D eigenvalue weighted by atomic mass is 16.5. The van der Waals surface area contributed by atoms with Crippen LogP contribution in [0.25, 0.3) is 0 Å². The minimum absolute atomic E-state index is 0.175. The van der Waals surface area contributed by atoms with Crippen molar-refractivity contribution in [3.8, 4) is 0 Å². The zero-order chi connectivity index (χ0) is 13.5. The van der Waals surface area contributed by atoms with Crippen LogP contribution in [-0.2, 0) is 9.53 Å². The number of nitrogens with two attached hydrogens (primary N) is 1. The number of carbonyl (C=O) groups is 1. The predicted molar refractivity (Wildman–Crippen MR) is 70.8 cm³/mol. The molecule has 17 heavy (non-hydrogen) atoms. The van der Waals surface area contributed by atoms with Gasteiger partial charge in [0, 0.05) is 12.1 Å². The molecule has 2 N–H and O–H groups in total. The van der Waals surface area contributed by atoms with Crippen LogP contribution < -0.4 is 5.73 Å². The first kappa shape index (κ1) is 16.4. The zero-order valence-electron chi connectivity index (χ0n) is 12.0. The molecule has 0 aliphatic rings. The largest absolute Gasteiger partial charge is 0.466 e. The minimum Gasteiger partial charge on any atom is -0.466 e. The predicted octanol–water partition coefficient (Wildman–Crippen LogP) is 1.63. The van der Waals surface area contributed by atoms with Gasteiger partial charge in [-0.2, -0.15) is 0 Å². The van der Waals surface area contributed by atoms with Gasteiger partial charge in [-0.05, 0) is 33.4 Å². The summed E-state index contributed by atoms with van der Waals surface area (Å²) < 4.78 is 5.14. The number of carbonyl (C=O) groups excluding carboxylic acids is 1. The van der Waals surface area contributed by atoms with Gasteiger partial charge in [0.15, 0.2) is 0 Å². The molecule has 0 bridgehead atoms. The van der Waals surface area contributed by atoms with Crippen molar-refractivity contribution in [2.75, 3.05) is 26.2 Å². The molecule has 0 unspecified atom stereocenters. The van der Waals surface area contributed by atoms with Crippen LogP contribution in [-0.4, -0.2) is 42.6 Å². The Morgan fingerprint density at radius 1 is 1.29 bits per heavy atom. The summed E-state index contributed by atoms with van der Waals surface area (Å²) in [5.74, 6) is -0.432. The van der Waals surface area contributed by atoms with E-state index in [0.717, 1.165) is 19.5 Å². The fourth-order valence-electron chi connectivity index (χ4n) is 2.48. The summed E-state index contributed by atoms with van der Waals surface area (Å²) in [7, 11) is 0. The molecule has 2 atom stereocenters. The Morgan fingerprint density at radius 2 is 1.82 bits per heavy atom. The fourth-order valence-corrected chi connectivity index (χ4v) is 2.48. The summed E-state index contributed by atoms with van der Waals surface area (Å²) in [5, 5.41) is 0. The average molecular weight is 244 g/mol. The van der Waals surface area contributed by atoms with E-state index in [4.69, 9.17) is 10.5 Å². The maximum Gasteiger partial charge on any atom is 0.312 e. The lowest BCUT2D eigenvalue weighted by Crippen LogP contribution is -2.56. The molecule has 0 heterocycles. The summed E-state index contributed by atoms with van der Waals surface area (Å²) in [6.45, 7) is 12.8. The third-order valence-electron chi connectivity index (χ3n) is 3.76. The Balaban J connectivity index is 5.07. The van der Waals surface area contributed by atoms with E-state index >= 15 is 0 Å². The lowest BCUT2D eigenvalue weighted by atomic mass is 9.81. The van der Waals surface area contributed by atoms with E-state index in [-0.39, 0.29) is 17.4 Å². The quantitative estimate of drug-likeness (QED) is 0.659. The summed E-state index contributed by atoms with van der Waals surface area (Å²) in [4.78, 5) is 14.3. The van der Waals surface area contributed by atoms with Crippen LogP contribution in [0.4, 0.5) is 0 Å². The van der Waals surface area contributed by atoms with Gasteiger partial charge in [0.05, 0.1) is 12.5 Å². The molecule has 0 fully saturated rings. The van der Waals surface area contributed by atoms with E-state index in [2.05, 4.69) is 32.6 Å². The maximum absolute atomic E-state index is 12.0. The first-order valence-electron chi connectivity index (χ1n) is 6.63. The minimum atomic E-state index is -0.257. The number of ether oxygens (including phenoxy) is 1. The Bertz CT molecular complexity index is 229. The summed E-state index contributed by atoms with van der Waals surface area (Å²) in [5.41, 5.74) is 5.57. The Labute approximate surface area is 105 Å². The van der Waals surface area contributed by atoms with Crippen molar-refractivity contribution >= 4 is 5.97 Å². The van der Waals surface area contributed by atoms with E-state index < -0.39 is 0 Å². The van der Waals surface area contributed by atoms with Gasteiger partial charge >= 0.3 is 5.97 Å². The van der Waals surface area contributed by atoms with Gasteiger partial charge in [-0.1, -0.05) is 20.8 Å². The van der Waals surface area contributed by atoms with Crippen LogP contribution >= 0.6 is 0 Å². The standard InChI is InChI=1S/C13H28N2O2/c1-6-13(5,15(7-2)8-3)11(10-14)12(16)17-9-4/h11H,6-10,14H2,1-5H3/t11-,13+/m1/s1. The SMILES string of the molecule is CCOC(=O)[C@@H](CN)[C@](C)(CC)N(CC)CC. The second kappa shape index (κ2) is 7.67. The number of esters is 1. The van der Waals surface area contributed by atoms with E-state index in [1.54, 1.807) is 0 Å². The molecular weight excluding hydrogens is 216 g/mol. The van der Waals surface area contributed by atoms with Crippen molar-refractivity contribution in [2.45, 2.75) is 46.6 Å². The second-order valence-electron chi connectivity index (χ2n) is 4.42. The van der Waals surface area contributed by atoms with Crippen molar-refractivity contribution in [1.82, 2.24) is 4.90 Å². The normalized spacial score (nSPS) is 16.6. The van der Waals surface area contributed by atoms with Gasteiger partial charge in [0.1, 0.15) is 0 Å². The third kappa shape index (κ3) is 3.68.